The minimum atomic E-state index is 0.118. The van der Waals surface area contributed by atoms with E-state index in [0.717, 1.165) is 43.7 Å². The number of carbonyl (C=O) groups is 1. The highest BCUT2D eigenvalue weighted by Gasteiger charge is 2.49. The minimum absolute atomic E-state index is 0.118. The van der Waals surface area contributed by atoms with Gasteiger partial charge in [0.2, 0.25) is 5.91 Å². The molecule has 0 spiro atoms. The largest absolute Gasteiger partial charge is 0.497 e. The Kier molecular flexibility index (Phi) is 4.05. The van der Waals surface area contributed by atoms with Crippen molar-refractivity contribution >= 4 is 5.91 Å². The first-order chi connectivity index (χ1) is 11.8. The Bertz CT molecular complexity index is 692. The summed E-state index contributed by atoms with van der Waals surface area (Å²) in [5, 5.41) is 0. The number of methoxy groups -OCH3 is 1. The first kappa shape index (κ1) is 15.3. The fourth-order valence-electron chi connectivity index (χ4n) is 3.87. The lowest BCUT2D eigenvalue weighted by Crippen LogP contribution is -2.38. The highest BCUT2D eigenvalue weighted by atomic mass is 16.5. The fourth-order valence-corrected chi connectivity index (χ4v) is 3.87. The van der Waals surface area contributed by atoms with E-state index in [1.54, 1.807) is 13.4 Å². The first-order valence-electron chi connectivity index (χ1n) is 8.73. The molecule has 1 saturated heterocycles. The molecule has 2 aromatic rings. The van der Waals surface area contributed by atoms with Crippen LogP contribution in [0, 0.1) is 5.92 Å². The van der Waals surface area contributed by atoms with Gasteiger partial charge in [0.05, 0.1) is 13.4 Å². The number of rotatable bonds is 5. The summed E-state index contributed by atoms with van der Waals surface area (Å²) in [5.41, 5.74) is 1.26. The molecule has 0 N–H and O–H groups in total. The number of hydrogen-bond donors (Lipinski definition) is 0. The lowest BCUT2D eigenvalue weighted by Gasteiger charge is -2.25. The molecule has 1 aliphatic heterocycles. The van der Waals surface area contributed by atoms with Crippen LogP contribution in [0.25, 0.3) is 0 Å². The van der Waals surface area contributed by atoms with E-state index in [-0.39, 0.29) is 11.8 Å². The molecule has 0 unspecified atom stereocenters. The summed E-state index contributed by atoms with van der Waals surface area (Å²) in [4.78, 5) is 15.0. The van der Waals surface area contributed by atoms with Gasteiger partial charge in [-0.1, -0.05) is 12.1 Å². The van der Waals surface area contributed by atoms with Crippen LogP contribution in [0.3, 0.4) is 0 Å². The van der Waals surface area contributed by atoms with Gasteiger partial charge in [-0.25, -0.2) is 0 Å². The van der Waals surface area contributed by atoms with Gasteiger partial charge in [0.25, 0.3) is 0 Å². The maximum absolute atomic E-state index is 12.9. The summed E-state index contributed by atoms with van der Waals surface area (Å²) in [7, 11) is 1.68. The quantitative estimate of drug-likeness (QED) is 0.843. The molecule has 4 heteroatoms. The van der Waals surface area contributed by atoms with Crippen LogP contribution in [-0.4, -0.2) is 30.5 Å². The molecule has 2 heterocycles. The summed E-state index contributed by atoms with van der Waals surface area (Å²) in [6, 6.07) is 12.4. The van der Waals surface area contributed by atoms with Crippen molar-refractivity contribution in [3.63, 3.8) is 0 Å². The number of benzene rings is 1. The van der Waals surface area contributed by atoms with E-state index in [2.05, 4.69) is 17.0 Å². The van der Waals surface area contributed by atoms with Crippen molar-refractivity contribution in [1.82, 2.24) is 4.90 Å². The average Bonchev–Trinajstić information content (AvgIpc) is 3.00. The van der Waals surface area contributed by atoms with Crippen molar-refractivity contribution in [3.05, 3.63) is 54.0 Å². The van der Waals surface area contributed by atoms with Gasteiger partial charge in [-0.05, 0) is 55.5 Å². The fraction of sp³-hybridized carbons (Fsp3) is 0.450. The van der Waals surface area contributed by atoms with Crippen molar-refractivity contribution in [2.24, 2.45) is 5.92 Å². The molecule has 1 aromatic heterocycles. The Balaban J connectivity index is 1.40. The van der Waals surface area contributed by atoms with Crippen LogP contribution in [0.15, 0.2) is 47.1 Å². The second kappa shape index (κ2) is 6.34. The zero-order valence-electron chi connectivity index (χ0n) is 14.0. The molecule has 0 bridgehead atoms. The maximum Gasteiger partial charge on any atom is 0.226 e. The Morgan fingerprint density at radius 3 is 2.83 bits per heavy atom. The molecular weight excluding hydrogens is 302 g/mol. The third kappa shape index (κ3) is 2.93. The van der Waals surface area contributed by atoms with E-state index in [1.165, 1.54) is 5.56 Å². The van der Waals surface area contributed by atoms with Crippen molar-refractivity contribution in [2.75, 3.05) is 13.7 Å². The Morgan fingerprint density at radius 1 is 1.29 bits per heavy atom. The summed E-state index contributed by atoms with van der Waals surface area (Å²) < 4.78 is 10.7. The summed E-state index contributed by atoms with van der Waals surface area (Å²) in [6.07, 6.45) is 5.74. The second-order valence-corrected chi connectivity index (χ2v) is 6.84. The standard InChI is InChI=1S/C20H23NO3/c1-23-16-8-6-14(7-9-16)12-15-4-2-10-21(15)20(22)18-13-17(18)19-5-3-11-24-19/h3,5-9,11,15,17-18H,2,4,10,12-13H2,1H3/t15-,17+,18-/m0/s1. The van der Waals surface area contributed by atoms with Gasteiger partial charge in [-0.15, -0.1) is 0 Å². The predicted octanol–water partition coefficient (Wildman–Crippen LogP) is 3.63. The number of likely N-dealkylation sites (tertiary alicyclic amines) is 1. The highest BCUT2D eigenvalue weighted by Crippen LogP contribution is 2.49. The monoisotopic (exact) mass is 325 g/mol. The Morgan fingerprint density at radius 2 is 2.12 bits per heavy atom. The van der Waals surface area contributed by atoms with E-state index in [1.807, 2.05) is 24.3 Å². The molecule has 1 aromatic carbocycles. The molecule has 1 saturated carbocycles. The molecule has 1 amide bonds. The van der Waals surface area contributed by atoms with E-state index in [0.29, 0.717) is 11.9 Å². The molecule has 2 aliphatic rings. The van der Waals surface area contributed by atoms with Gasteiger partial charge in [0.1, 0.15) is 11.5 Å². The number of nitrogens with zero attached hydrogens (tertiary/aromatic N) is 1. The van der Waals surface area contributed by atoms with Crippen molar-refractivity contribution < 1.29 is 13.9 Å². The average molecular weight is 325 g/mol. The third-order valence-electron chi connectivity index (χ3n) is 5.31. The molecule has 4 rings (SSSR count). The molecule has 3 atom stereocenters. The molecule has 1 aliphatic carbocycles. The van der Waals surface area contributed by atoms with E-state index in [4.69, 9.17) is 9.15 Å². The van der Waals surface area contributed by atoms with Crippen LogP contribution >= 0.6 is 0 Å². The van der Waals surface area contributed by atoms with Gasteiger partial charge in [0, 0.05) is 24.4 Å². The van der Waals surface area contributed by atoms with Gasteiger partial charge in [0.15, 0.2) is 0 Å². The van der Waals surface area contributed by atoms with E-state index in [9.17, 15) is 4.79 Å². The molecular formula is C20H23NO3. The number of hydrogen-bond acceptors (Lipinski definition) is 3. The van der Waals surface area contributed by atoms with Gasteiger partial charge in [-0.2, -0.15) is 0 Å². The zero-order valence-corrected chi connectivity index (χ0v) is 14.0. The van der Waals surface area contributed by atoms with Crippen LogP contribution in [0.4, 0.5) is 0 Å². The normalized spacial score (nSPS) is 25.7. The lowest BCUT2D eigenvalue weighted by molar-refractivity contribution is -0.133. The highest BCUT2D eigenvalue weighted by molar-refractivity contribution is 5.83. The second-order valence-electron chi connectivity index (χ2n) is 6.84. The van der Waals surface area contributed by atoms with Crippen molar-refractivity contribution in [3.8, 4) is 5.75 Å². The van der Waals surface area contributed by atoms with Crippen LogP contribution in [0.2, 0.25) is 0 Å². The van der Waals surface area contributed by atoms with Gasteiger partial charge < -0.3 is 14.1 Å². The van der Waals surface area contributed by atoms with Crippen LogP contribution in [0.1, 0.15) is 36.5 Å². The zero-order chi connectivity index (χ0) is 16.5. The summed E-state index contributed by atoms with van der Waals surface area (Å²) in [5.74, 6) is 2.55. The predicted molar refractivity (Wildman–Crippen MR) is 91.0 cm³/mol. The molecule has 4 nitrogen and oxygen atoms in total. The lowest BCUT2D eigenvalue weighted by atomic mass is 10.0. The van der Waals surface area contributed by atoms with E-state index < -0.39 is 0 Å². The van der Waals surface area contributed by atoms with Crippen LogP contribution in [0.5, 0.6) is 5.75 Å². The Hall–Kier alpha value is -2.23. The smallest absolute Gasteiger partial charge is 0.226 e. The topological polar surface area (TPSA) is 42.7 Å². The molecule has 0 radical (unpaired) electrons. The van der Waals surface area contributed by atoms with Crippen LogP contribution in [-0.2, 0) is 11.2 Å². The number of carbonyl (C=O) groups excluding carboxylic acids is 1. The maximum atomic E-state index is 12.9. The molecule has 2 fully saturated rings. The first-order valence-corrected chi connectivity index (χ1v) is 8.73. The third-order valence-corrected chi connectivity index (χ3v) is 5.31. The SMILES string of the molecule is COc1ccc(C[C@@H]2CCCN2C(=O)[C@H]2C[C@H]2c2ccco2)cc1. The summed E-state index contributed by atoms with van der Waals surface area (Å²) >= 11 is 0. The van der Waals surface area contributed by atoms with Crippen molar-refractivity contribution in [1.29, 1.82) is 0 Å². The van der Waals surface area contributed by atoms with Crippen LogP contribution < -0.4 is 4.74 Å². The molecule has 24 heavy (non-hydrogen) atoms. The van der Waals surface area contributed by atoms with Gasteiger partial charge >= 0.3 is 0 Å². The van der Waals surface area contributed by atoms with Crippen molar-refractivity contribution in [2.45, 2.75) is 37.6 Å². The molecule has 126 valence electrons. The number of amides is 1. The number of ether oxygens (including phenoxy) is 1. The minimum Gasteiger partial charge on any atom is -0.497 e. The Labute approximate surface area is 142 Å². The van der Waals surface area contributed by atoms with E-state index >= 15 is 0 Å². The number of furan rings is 1. The van der Waals surface area contributed by atoms with Gasteiger partial charge in [-0.3, -0.25) is 4.79 Å². The summed E-state index contributed by atoms with van der Waals surface area (Å²) in [6.45, 7) is 0.890.